The minimum Gasteiger partial charge on any atom is -0.496 e. The molecule has 0 saturated carbocycles. The van der Waals surface area contributed by atoms with Crippen LogP contribution in [0.4, 0.5) is 5.69 Å². The van der Waals surface area contributed by atoms with E-state index in [-0.39, 0.29) is 5.91 Å². The molecule has 0 saturated heterocycles. The summed E-state index contributed by atoms with van der Waals surface area (Å²) in [5, 5.41) is 4.82. The number of rotatable bonds is 4. The van der Waals surface area contributed by atoms with E-state index in [4.69, 9.17) is 9.84 Å². The summed E-state index contributed by atoms with van der Waals surface area (Å²) in [5.74, 6) is 0.643. The van der Waals surface area contributed by atoms with Crippen LogP contribution >= 0.6 is 0 Å². The van der Waals surface area contributed by atoms with Gasteiger partial charge >= 0.3 is 0 Å². The first kappa shape index (κ1) is 19.1. The lowest BCUT2D eigenvalue weighted by Gasteiger charge is -2.29. The Balaban J connectivity index is 1.66. The molecule has 0 unspecified atom stereocenters. The number of benzene rings is 3. The third-order valence-corrected chi connectivity index (χ3v) is 5.68. The quantitative estimate of drug-likeness (QED) is 0.469. The number of nitrogens with zero attached hydrogens (tertiary/aromatic N) is 3. The second-order valence-corrected chi connectivity index (χ2v) is 7.56. The van der Waals surface area contributed by atoms with Crippen molar-refractivity contribution in [1.82, 2.24) is 9.78 Å². The fourth-order valence-corrected chi connectivity index (χ4v) is 4.17. The zero-order valence-corrected chi connectivity index (χ0v) is 17.4. The van der Waals surface area contributed by atoms with Crippen molar-refractivity contribution in [2.45, 2.75) is 12.8 Å². The van der Waals surface area contributed by atoms with E-state index < -0.39 is 0 Å². The number of hydrogen-bond acceptors (Lipinski definition) is 3. The summed E-state index contributed by atoms with van der Waals surface area (Å²) in [7, 11) is 1.63. The lowest BCUT2D eigenvalue weighted by molar-refractivity contribution is 0.0985. The van der Waals surface area contributed by atoms with Crippen LogP contribution in [0.15, 0.2) is 85.1 Å². The molecule has 1 aliphatic rings. The first-order chi connectivity index (χ1) is 15.3. The lowest BCUT2D eigenvalue weighted by Crippen LogP contribution is -2.35. The van der Waals surface area contributed by atoms with Gasteiger partial charge in [-0.15, -0.1) is 0 Å². The third-order valence-electron chi connectivity index (χ3n) is 5.68. The van der Waals surface area contributed by atoms with E-state index >= 15 is 0 Å². The highest BCUT2D eigenvalue weighted by Gasteiger charge is 2.28. The van der Waals surface area contributed by atoms with Gasteiger partial charge in [-0.2, -0.15) is 5.10 Å². The predicted octanol–water partition coefficient (Wildman–Crippen LogP) is 5.14. The van der Waals surface area contributed by atoms with Crippen LogP contribution in [0, 0.1) is 0 Å². The zero-order valence-electron chi connectivity index (χ0n) is 17.4. The Morgan fingerprint density at radius 1 is 0.935 bits per heavy atom. The largest absolute Gasteiger partial charge is 0.496 e. The van der Waals surface area contributed by atoms with Gasteiger partial charge in [0.05, 0.1) is 18.4 Å². The molecule has 4 aromatic rings. The first-order valence-electron chi connectivity index (χ1n) is 10.4. The van der Waals surface area contributed by atoms with Gasteiger partial charge in [-0.3, -0.25) is 4.79 Å². The molecule has 5 rings (SSSR count). The summed E-state index contributed by atoms with van der Waals surface area (Å²) in [6, 6.07) is 25.7. The monoisotopic (exact) mass is 409 g/mol. The number of ether oxygens (including phenoxy) is 1. The average Bonchev–Trinajstić information content (AvgIpc) is 3.29. The summed E-state index contributed by atoms with van der Waals surface area (Å²) in [5.41, 5.74) is 5.07. The van der Waals surface area contributed by atoms with Crippen LogP contribution in [0.5, 0.6) is 5.75 Å². The maximum Gasteiger partial charge on any atom is 0.262 e. The Morgan fingerprint density at radius 3 is 2.52 bits per heavy atom. The molecule has 1 aromatic heterocycles. The van der Waals surface area contributed by atoms with Gasteiger partial charge in [0, 0.05) is 24.0 Å². The molecule has 0 atom stereocenters. The van der Waals surface area contributed by atoms with Crippen LogP contribution in [-0.4, -0.2) is 29.3 Å². The highest BCUT2D eigenvalue weighted by Crippen LogP contribution is 2.34. The van der Waals surface area contributed by atoms with Crippen molar-refractivity contribution < 1.29 is 9.53 Å². The Morgan fingerprint density at radius 2 is 1.68 bits per heavy atom. The van der Waals surface area contributed by atoms with Crippen molar-refractivity contribution in [2.24, 2.45) is 0 Å². The first-order valence-corrected chi connectivity index (χ1v) is 10.4. The number of anilines is 1. The van der Waals surface area contributed by atoms with Crippen molar-refractivity contribution in [1.29, 1.82) is 0 Å². The minimum atomic E-state index is -0.0461. The number of fused-ring (bicyclic) bond motifs is 1. The SMILES string of the molecule is COc1ccccc1-c1nn(-c2ccccc2)cc1C(=O)N1CCCc2ccccc21. The molecule has 5 heteroatoms. The number of hydrogen-bond donors (Lipinski definition) is 0. The molecule has 2 heterocycles. The van der Waals surface area contributed by atoms with Gasteiger partial charge in [0.25, 0.3) is 5.91 Å². The van der Waals surface area contributed by atoms with Crippen molar-refractivity contribution in [2.75, 3.05) is 18.6 Å². The van der Waals surface area contributed by atoms with Crippen LogP contribution in [0.2, 0.25) is 0 Å². The van der Waals surface area contributed by atoms with E-state index in [2.05, 4.69) is 6.07 Å². The zero-order chi connectivity index (χ0) is 21.2. The van der Waals surface area contributed by atoms with Crippen molar-refractivity contribution in [3.05, 3.63) is 96.2 Å². The van der Waals surface area contributed by atoms with Gasteiger partial charge in [-0.25, -0.2) is 4.68 Å². The molecule has 1 amide bonds. The van der Waals surface area contributed by atoms with E-state index in [0.29, 0.717) is 23.6 Å². The van der Waals surface area contributed by atoms with Gasteiger partial charge in [0.2, 0.25) is 0 Å². The summed E-state index contributed by atoms with van der Waals surface area (Å²) in [6.45, 7) is 0.692. The highest BCUT2D eigenvalue weighted by atomic mass is 16.5. The van der Waals surface area contributed by atoms with Crippen LogP contribution in [0.25, 0.3) is 16.9 Å². The fraction of sp³-hybridized carbons (Fsp3) is 0.154. The van der Waals surface area contributed by atoms with Gasteiger partial charge in [-0.05, 0) is 48.7 Å². The van der Waals surface area contributed by atoms with E-state index in [1.807, 2.05) is 83.9 Å². The van der Waals surface area contributed by atoms with E-state index in [9.17, 15) is 4.79 Å². The van der Waals surface area contributed by atoms with Gasteiger partial charge in [-0.1, -0.05) is 48.5 Å². The standard InChI is InChI=1S/C26H23N3O2/c1-31-24-16-8-6-14-21(24)25-22(18-29(27-25)20-12-3-2-4-13-20)26(30)28-17-9-11-19-10-5-7-15-23(19)28/h2-8,10,12-16,18H,9,11,17H2,1H3. The molecule has 0 spiro atoms. The molecule has 3 aromatic carbocycles. The summed E-state index contributed by atoms with van der Waals surface area (Å²) in [6.07, 6.45) is 3.76. The average molecular weight is 409 g/mol. The normalized spacial score (nSPS) is 13.0. The Bertz CT molecular complexity index is 1230. The molecule has 0 fully saturated rings. The molecule has 154 valence electrons. The Kier molecular flexibility index (Phi) is 5.00. The topological polar surface area (TPSA) is 47.4 Å². The van der Waals surface area contributed by atoms with Gasteiger partial charge in [0.15, 0.2) is 0 Å². The molecule has 1 aliphatic heterocycles. The molecule has 0 aliphatic carbocycles. The molecular weight excluding hydrogens is 386 g/mol. The van der Waals surface area contributed by atoms with Crippen molar-refractivity contribution in [3.63, 3.8) is 0 Å². The van der Waals surface area contributed by atoms with Crippen LogP contribution in [-0.2, 0) is 6.42 Å². The predicted molar refractivity (Wildman–Crippen MR) is 122 cm³/mol. The Labute approximate surface area is 181 Å². The number of carbonyl (C=O) groups excluding carboxylic acids is 1. The van der Waals surface area contributed by atoms with Crippen molar-refractivity contribution >= 4 is 11.6 Å². The molecule has 0 radical (unpaired) electrons. The van der Waals surface area contributed by atoms with Gasteiger partial charge < -0.3 is 9.64 Å². The molecule has 5 nitrogen and oxygen atoms in total. The summed E-state index contributed by atoms with van der Waals surface area (Å²) < 4.78 is 7.35. The van der Waals surface area contributed by atoms with E-state index in [1.54, 1.807) is 11.8 Å². The molecular formula is C26H23N3O2. The maximum atomic E-state index is 13.8. The summed E-state index contributed by atoms with van der Waals surface area (Å²) >= 11 is 0. The number of para-hydroxylation sites is 3. The number of amides is 1. The summed E-state index contributed by atoms with van der Waals surface area (Å²) in [4.78, 5) is 15.7. The minimum absolute atomic E-state index is 0.0461. The lowest BCUT2D eigenvalue weighted by atomic mass is 10.00. The number of aromatic nitrogens is 2. The van der Waals surface area contributed by atoms with Gasteiger partial charge in [0.1, 0.15) is 11.4 Å². The van der Waals surface area contributed by atoms with Crippen LogP contribution in [0.1, 0.15) is 22.3 Å². The number of carbonyl (C=O) groups is 1. The second-order valence-electron chi connectivity index (χ2n) is 7.56. The third kappa shape index (κ3) is 3.48. The number of methoxy groups -OCH3 is 1. The Hall–Kier alpha value is -3.86. The van der Waals surface area contributed by atoms with E-state index in [0.717, 1.165) is 29.8 Å². The van der Waals surface area contributed by atoms with E-state index in [1.165, 1.54) is 5.56 Å². The smallest absolute Gasteiger partial charge is 0.262 e. The molecule has 31 heavy (non-hydrogen) atoms. The maximum absolute atomic E-state index is 13.8. The van der Waals surface area contributed by atoms with Crippen LogP contribution < -0.4 is 9.64 Å². The number of aryl methyl sites for hydroxylation is 1. The molecule has 0 N–H and O–H groups in total. The van der Waals surface area contributed by atoms with Crippen LogP contribution in [0.3, 0.4) is 0 Å². The molecule has 0 bridgehead atoms. The highest BCUT2D eigenvalue weighted by molar-refractivity contribution is 6.10. The fourth-order valence-electron chi connectivity index (χ4n) is 4.17. The van der Waals surface area contributed by atoms with Crippen molar-refractivity contribution in [3.8, 4) is 22.7 Å². The second kappa shape index (κ2) is 8.11.